The van der Waals surface area contributed by atoms with Gasteiger partial charge in [0.25, 0.3) is 0 Å². The molecule has 7 heteroatoms. The van der Waals surface area contributed by atoms with E-state index in [9.17, 15) is 9.90 Å². The number of anilines is 3. The maximum atomic E-state index is 15.9. The van der Waals surface area contributed by atoms with Crippen molar-refractivity contribution in [2.24, 2.45) is 0 Å². The summed E-state index contributed by atoms with van der Waals surface area (Å²) in [5, 5.41) is 11.2. The highest BCUT2D eigenvalue weighted by Crippen LogP contribution is 2.49. The van der Waals surface area contributed by atoms with Gasteiger partial charge in [0.05, 0.1) is 17.1 Å². The molecular formula is C40H58N2O4S. The highest BCUT2D eigenvalue weighted by Gasteiger charge is 2.44. The van der Waals surface area contributed by atoms with E-state index in [1.165, 1.54) is 4.31 Å². The normalized spacial score (nSPS) is 12.8. The van der Waals surface area contributed by atoms with Crippen LogP contribution in [0.4, 0.5) is 21.9 Å². The van der Waals surface area contributed by atoms with Crippen molar-refractivity contribution in [3.8, 4) is 0 Å². The minimum absolute atomic E-state index is 0.0389. The predicted octanol–water partition coefficient (Wildman–Crippen LogP) is 11.7. The van der Waals surface area contributed by atoms with Gasteiger partial charge >= 0.3 is 16.3 Å². The summed E-state index contributed by atoms with van der Waals surface area (Å²) in [6.45, 7) is 30.4. The van der Waals surface area contributed by atoms with Crippen LogP contribution in [0, 0.1) is 6.92 Å². The summed E-state index contributed by atoms with van der Waals surface area (Å²) < 4.78 is 33.8. The second kappa shape index (κ2) is 13.7. The standard InChI is InChI=1S/C40H58N2O4S/c1-24(2)29-18-16-19-30(25(3)4)35(29)41(36-31(26(5)6)20-17-21-32(36)27(7)8)47(45,46)42(38(43)44)37-33(39(10,11)12)22-28(9)23-34(37)40(13,14)15/h16-27H,1-15H3,(H,43,44). The molecule has 3 aromatic rings. The predicted molar refractivity (Wildman–Crippen MR) is 199 cm³/mol. The lowest BCUT2D eigenvalue weighted by Crippen LogP contribution is -2.47. The van der Waals surface area contributed by atoms with E-state index in [2.05, 4.69) is 55.4 Å². The Morgan fingerprint density at radius 2 is 0.915 bits per heavy atom. The summed E-state index contributed by atoms with van der Waals surface area (Å²) in [5.41, 5.74) is 5.78. The molecular weight excluding hydrogens is 605 g/mol. The molecule has 0 spiro atoms. The van der Waals surface area contributed by atoms with Crippen molar-refractivity contribution < 1.29 is 18.3 Å². The van der Waals surface area contributed by atoms with Crippen molar-refractivity contribution in [1.82, 2.24) is 0 Å². The number of carbonyl (C=O) groups is 1. The van der Waals surface area contributed by atoms with Gasteiger partial charge < -0.3 is 5.11 Å². The Hall–Kier alpha value is -3.32. The molecule has 3 rings (SSSR count). The van der Waals surface area contributed by atoms with Gasteiger partial charge in [-0.05, 0) is 74.8 Å². The minimum Gasteiger partial charge on any atom is -0.464 e. The number of benzene rings is 3. The average Bonchev–Trinajstić information content (AvgIpc) is 2.91. The van der Waals surface area contributed by atoms with E-state index in [-0.39, 0.29) is 29.4 Å². The van der Waals surface area contributed by atoms with Crippen molar-refractivity contribution in [3.05, 3.63) is 87.5 Å². The number of aryl methyl sites for hydroxylation is 1. The summed E-state index contributed by atoms with van der Waals surface area (Å²) in [5.74, 6) is -0.155. The molecule has 0 radical (unpaired) electrons. The van der Waals surface area contributed by atoms with Gasteiger partial charge in [0.15, 0.2) is 0 Å². The molecule has 0 bridgehead atoms. The summed E-state index contributed by atoms with van der Waals surface area (Å²) >= 11 is 0. The first-order chi connectivity index (χ1) is 21.4. The van der Waals surface area contributed by atoms with E-state index < -0.39 is 27.1 Å². The zero-order valence-corrected chi connectivity index (χ0v) is 32.2. The highest BCUT2D eigenvalue weighted by molar-refractivity contribution is 7.95. The third-order valence-corrected chi connectivity index (χ3v) is 10.4. The maximum absolute atomic E-state index is 15.9. The second-order valence-electron chi connectivity index (χ2n) is 16.2. The molecule has 0 fully saturated rings. The zero-order chi connectivity index (χ0) is 36.0. The molecule has 1 N–H and O–H groups in total. The van der Waals surface area contributed by atoms with Gasteiger partial charge in [0, 0.05) is 0 Å². The average molecular weight is 663 g/mol. The molecule has 1 amide bonds. The topological polar surface area (TPSA) is 77.9 Å². The molecule has 0 aliphatic heterocycles. The van der Waals surface area contributed by atoms with E-state index in [4.69, 9.17) is 0 Å². The molecule has 0 aliphatic rings. The van der Waals surface area contributed by atoms with Crippen LogP contribution in [0.2, 0.25) is 0 Å². The van der Waals surface area contributed by atoms with Crippen LogP contribution in [-0.4, -0.2) is 19.6 Å². The molecule has 0 aromatic heterocycles. The summed E-state index contributed by atoms with van der Waals surface area (Å²) in [6.07, 6.45) is -1.55. The van der Waals surface area contributed by atoms with Gasteiger partial charge in [0.2, 0.25) is 0 Å². The smallest absolute Gasteiger partial charge is 0.427 e. The van der Waals surface area contributed by atoms with Crippen LogP contribution < -0.4 is 8.61 Å². The SMILES string of the molecule is Cc1cc(C(C)(C)C)c(N(C(=O)O)S(=O)(=O)N(c2c(C(C)C)cccc2C(C)C)c2c(C(C)C)cccc2C(C)C)c(C(C)(C)C)c1. The molecule has 6 nitrogen and oxygen atoms in total. The number of para-hydroxylation sites is 2. The van der Waals surface area contributed by atoms with E-state index in [1.807, 2.05) is 97.0 Å². The van der Waals surface area contributed by atoms with Crippen LogP contribution in [0.3, 0.4) is 0 Å². The molecule has 0 atom stereocenters. The first-order valence-electron chi connectivity index (χ1n) is 16.9. The van der Waals surface area contributed by atoms with Crippen LogP contribution in [0.1, 0.15) is 160 Å². The monoisotopic (exact) mass is 662 g/mol. The van der Waals surface area contributed by atoms with Gasteiger partial charge in [0.1, 0.15) is 0 Å². The largest absolute Gasteiger partial charge is 0.464 e. The number of amides is 1. The van der Waals surface area contributed by atoms with Crippen molar-refractivity contribution in [3.63, 3.8) is 0 Å². The Bertz CT molecular complexity index is 1570. The number of hydrogen-bond donors (Lipinski definition) is 1. The summed E-state index contributed by atoms with van der Waals surface area (Å²) in [6, 6.07) is 15.7. The lowest BCUT2D eigenvalue weighted by atomic mass is 9.77. The minimum atomic E-state index is -4.86. The first-order valence-corrected chi connectivity index (χ1v) is 18.3. The number of rotatable bonds is 9. The van der Waals surface area contributed by atoms with E-state index >= 15 is 8.42 Å². The van der Waals surface area contributed by atoms with Gasteiger partial charge in [-0.15, -0.1) is 0 Å². The van der Waals surface area contributed by atoms with Gasteiger partial charge in [-0.3, -0.25) is 0 Å². The van der Waals surface area contributed by atoms with Crippen molar-refractivity contribution in [2.75, 3.05) is 8.61 Å². The van der Waals surface area contributed by atoms with Crippen molar-refractivity contribution in [1.29, 1.82) is 0 Å². The lowest BCUT2D eigenvalue weighted by molar-refractivity contribution is 0.206. The molecule has 0 heterocycles. The molecule has 0 aliphatic carbocycles. The van der Waals surface area contributed by atoms with Crippen LogP contribution in [0.25, 0.3) is 0 Å². The fourth-order valence-electron chi connectivity index (χ4n) is 6.37. The molecule has 0 saturated carbocycles. The molecule has 0 unspecified atom stereocenters. The number of nitrogens with zero attached hydrogens (tertiary/aromatic N) is 2. The number of carboxylic acid groups (broad SMARTS) is 1. The Labute approximate surface area is 285 Å². The van der Waals surface area contributed by atoms with Crippen LogP contribution in [0.15, 0.2) is 48.5 Å². The van der Waals surface area contributed by atoms with Crippen molar-refractivity contribution >= 4 is 33.4 Å². The lowest BCUT2D eigenvalue weighted by Gasteiger charge is -2.39. The van der Waals surface area contributed by atoms with E-state index in [1.54, 1.807) is 0 Å². The summed E-state index contributed by atoms with van der Waals surface area (Å²) in [7, 11) is -4.86. The zero-order valence-electron chi connectivity index (χ0n) is 31.4. The highest BCUT2D eigenvalue weighted by atomic mass is 32.2. The van der Waals surface area contributed by atoms with Gasteiger partial charge in [-0.1, -0.05) is 151 Å². The fourth-order valence-corrected chi connectivity index (χ4v) is 8.04. The van der Waals surface area contributed by atoms with Crippen LogP contribution in [0.5, 0.6) is 0 Å². The van der Waals surface area contributed by atoms with E-state index in [0.29, 0.717) is 26.8 Å². The molecule has 0 saturated heterocycles. The Balaban J connectivity index is 2.76. The first kappa shape index (κ1) is 38.1. The third-order valence-electron chi connectivity index (χ3n) is 8.80. The fraction of sp³-hybridized carbons (Fsp3) is 0.525. The maximum Gasteiger partial charge on any atom is 0.427 e. The quantitative estimate of drug-likeness (QED) is 0.247. The van der Waals surface area contributed by atoms with Crippen LogP contribution in [-0.2, 0) is 21.0 Å². The molecule has 3 aromatic carbocycles. The Morgan fingerprint density at radius 3 is 1.15 bits per heavy atom. The third kappa shape index (κ3) is 7.56. The van der Waals surface area contributed by atoms with Gasteiger partial charge in [-0.2, -0.15) is 12.7 Å². The van der Waals surface area contributed by atoms with Gasteiger partial charge in [-0.25, -0.2) is 9.10 Å². The molecule has 258 valence electrons. The summed E-state index contributed by atoms with van der Waals surface area (Å²) in [4.78, 5) is 13.8. The number of hydrogen-bond acceptors (Lipinski definition) is 3. The Morgan fingerprint density at radius 1 is 0.617 bits per heavy atom. The van der Waals surface area contributed by atoms with Crippen LogP contribution >= 0.6 is 0 Å². The second-order valence-corrected chi connectivity index (χ2v) is 17.8. The van der Waals surface area contributed by atoms with Crippen molar-refractivity contribution in [2.45, 2.75) is 138 Å². The van der Waals surface area contributed by atoms with E-state index in [0.717, 1.165) is 27.8 Å². The molecule has 47 heavy (non-hydrogen) atoms. The Kier molecular flexibility index (Phi) is 11.1.